The van der Waals surface area contributed by atoms with Crippen LogP contribution in [0.25, 0.3) is 6.08 Å². The summed E-state index contributed by atoms with van der Waals surface area (Å²) < 4.78 is 5.80. The molecule has 1 aromatic heterocycles. The number of carbonyl (C=O) groups excluding carboxylic acids is 2. The van der Waals surface area contributed by atoms with E-state index in [2.05, 4.69) is 21.2 Å². The van der Waals surface area contributed by atoms with E-state index in [1.165, 1.54) is 18.4 Å². The van der Waals surface area contributed by atoms with Crippen molar-refractivity contribution in [2.24, 2.45) is 5.73 Å². The molecule has 2 amide bonds. The SMILES string of the molecule is NC(=O)C(=Cc1cccc(Br)c1)NC(=O)c1ccco1. The summed E-state index contributed by atoms with van der Waals surface area (Å²) >= 11 is 3.32. The maximum atomic E-state index is 11.8. The van der Waals surface area contributed by atoms with E-state index in [1.54, 1.807) is 18.2 Å². The number of carbonyl (C=O) groups is 2. The number of nitrogens with one attached hydrogen (secondary N) is 1. The zero-order valence-electron chi connectivity index (χ0n) is 10.3. The maximum Gasteiger partial charge on any atom is 0.291 e. The number of hydrogen-bond donors (Lipinski definition) is 2. The van der Waals surface area contributed by atoms with Crippen molar-refractivity contribution in [3.05, 3.63) is 64.2 Å². The maximum absolute atomic E-state index is 11.8. The first-order chi connectivity index (χ1) is 9.56. The molecule has 0 aliphatic heterocycles. The zero-order chi connectivity index (χ0) is 14.5. The summed E-state index contributed by atoms with van der Waals surface area (Å²) in [7, 11) is 0. The molecule has 102 valence electrons. The third-order valence-electron chi connectivity index (χ3n) is 2.42. The van der Waals surface area contributed by atoms with E-state index in [4.69, 9.17) is 10.2 Å². The first-order valence-corrected chi connectivity index (χ1v) is 6.47. The van der Waals surface area contributed by atoms with E-state index in [-0.39, 0.29) is 11.5 Å². The van der Waals surface area contributed by atoms with Crippen LogP contribution in [-0.4, -0.2) is 11.8 Å². The summed E-state index contributed by atoms with van der Waals surface area (Å²) in [5, 5.41) is 2.43. The van der Waals surface area contributed by atoms with Gasteiger partial charge in [-0.25, -0.2) is 0 Å². The summed E-state index contributed by atoms with van der Waals surface area (Å²) in [6, 6.07) is 10.3. The third kappa shape index (κ3) is 3.58. The van der Waals surface area contributed by atoms with Crippen LogP contribution in [0.1, 0.15) is 16.1 Å². The van der Waals surface area contributed by atoms with Gasteiger partial charge in [0.05, 0.1) is 6.26 Å². The van der Waals surface area contributed by atoms with Crippen molar-refractivity contribution in [2.45, 2.75) is 0 Å². The fourth-order valence-electron chi connectivity index (χ4n) is 1.52. The molecule has 0 fully saturated rings. The van der Waals surface area contributed by atoms with Crippen molar-refractivity contribution in [1.29, 1.82) is 0 Å². The Balaban J connectivity index is 2.23. The number of hydrogen-bond acceptors (Lipinski definition) is 3. The molecular formula is C14H11BrN2O3. The molecule has 2 rings (SSSR count). The highest BCUT2D eigenvalue weighted by Gasteiger charge is 2.13. The first kappa shape index (κ1) is 14.1. The predicted octanol–water partition coefficient (Wildman–Crippen LogP) is 2.30. The summed E-state index contributed by atoms with van der Waals surface area (Å²) in [6.45, 7) is 0. The van der Waals surface area contributed by atoms with Crippen molar-refractivity contribution >= 4 is 33.8 Å². The summed E-state index contributed by atoms with van der Waals surface area (Å²) in [6.07, 6.45) is 2.87. The summed E-state index contributed by atoms with van der Waals surface area (Å²) in [5.74, 6) is -1.16. The van der Waals surface area contributed by atoms with Crippen LogP contribution in [-0.2, 0) is 4.79 Å². The molecule has 3 N–H and O–H groups in total. The van der Waals surface area contributed by atoms with Gasteiger partial charge in [-0.1, -0.05) is 28.1 Å². The van der Waals surface area contributed by atoms with E-state index in [0.717, 1.165) is 10.0 Å². The minimum atomic E-state index is -0.732. The Labute approximate surface area is 123 Å². The molecule has 0 bridgehead atoms. The molecular weight excluding hydrogens is 324 g/mol. The van der Waals surface area contributed by atoms with Crippen LogP contribution in [0, 0.1) is 0 Å². The van der Waals surface area contributed by atoms with Crippen molar-refractivity contribution < 1.29 is 14.0 Å². The highest BCUT2D eigenvalue weighted by Crippen LogP contribution is 2.14. The largest absolute Gasteiger partial charge is 0.459 e. The third-order valence-corrected chi connectivity index (χ3v) is 2.91. The first-order valence-electron chi connectivity index (χ1n) is 5.68. The highest BCUT2D eigenvalue weighted by molar-refractivity contribution is 9.10. The van der Waals surface area contributed by atoms with Gasteiger partial charge in [0.2, 0.25) is 0 Å². The molecule has 1 heterocycles. The van der Waals surface area contributed by atoms with Gasteiger partial charge >= 0.3 is 0 Å². The Hall–Kier alpha value is -2.34. The van der Waals surface area contributed by atoms with Gasteiger partial charge in [-0.15, -0.1) is 0 Å². The lowest BCUT2D eigenvalue weighted by Crippen LogP contribution is -2.30. The number of benzene rings is 1. The van der Waals surface area contributed by atoms with Crippen molar-refractivity contribution in [1.82, 2.24) is 5.32 Å². The number of furan rings is 1. The average molecular weight is 335 g/mol. The zero-order valence-corrected chi connectivity index (χ0v) is 11.9. The second-order valence-electron chi connectivity index (χ2n) is 3.91. The number of amides is 2. The molecule has 0 saturated carbocycles. The highest BCUT2D eigenvalue weighted by atomic mass is 79.9. The molecule has 0 atom stereocenters. The second-order valence-corrected chi connectivity index (χ2v) is 4.82. The standard InChI is InChI=1S/C14H11BrN2O3/c15-10-4-1-3-9(7-10)8-11(13(16)18)17-14(19)12-5-2-6-20-12/h1-8H,(H2,16,18)(H,17,19). The van der Waals surface area contributed by atoms with Crippen LogP contribution < -0.4 is 11.1 Å². The van der Waals surface area contributed by atoms with Gasteiger partial charge in [0, 0.05) is 4.47 Å². The molecule has 0 aliphatic rings. The molecule has 1 aromatic carbocycles. The Morgan fingerprint density at radius 2 is 2.05 bits per heavy atom. The van der Waals surface area contributed by atoms with E-state index in [1.807, 2.05) is 12.1 Å². The van der Waals surface area contributed by atoms with Gasteiger partial charge in [0.1, 0.15) is 5.70 Å². The van der Waals surface area contributed by atoms with Crippen LogP contribution in [0.3, 0.4) is 0 Å². The minimum Gasteiger partial charge on any atom is -0.459 e. The molecule has 0 spiro atoms. The fourth-order valence-corrected chi connectivity index (χ4v) is 1.94. The van der Waals surface area contributed by atoms with Crippen LogP contribution in [0.4, 0.5) is 0 Å². The minimum absolute atomic E-state index is 0.00972. The molecule has 0 aliphatic carbocycles. The molecule has 0 radical (unpaired) electrons. The Kier molecular flexibility index (Phi) is 4.37. The lowest BCUT2D eigenvalue weighted by Gasteiger charge is -2.05. The van der Waals surface area contributed by atoms with E-state index in [9.17, 15) is 9.59 Å². The fraction of sp³-hybridized carbons (Fsp3) is 0. The summed E-state index contributed by atoms with van der Waals surface area (Å²) in [5.41, 5.74) is 5.98. The Morgan fingerprint density at radius 1 is 1.25 bits per heavy atom. The monoisotopic (exact) mass is 334 g/mol. The van der Waals surface area contributed by atoms with Crippen molar-refractivity contribution in [3.8, 4) is 0 Å². The van der Waals surface area contributed by atoms with Crippen molar-refractivity contribution in [3.63, 3.8) is 0 Å². The smallest absolute Gasteiger partial charge is 0.291 e. The summed E-state index contributed by atoms with van der Waals surface area (Å²) in [4.78, 5) is 23.2. The van der Waals surface area contributed by atoms with Crippen LogP contribution in [0.5, 0.6) is 0 Å². The number of nitrogens with two attached hydrogens (primary N) is 1. The van der Waals surface area contributed by atoms with E-state index >= 15 is 0 Å². The molecule has 0 saturated heterocycles. The second kappa shape index (κ2) is 6.21. The molecule has 0 unspecified atom stereocenters. The van der Waals surface area contributed by atoms with Crippen LogP contribution in [0.15, 0.2) is 57.2 Å². The van der Waals surface area contributed by atoms with Crippen molar-refractivity contribution in [2.75, 3.05) is 0 Å². The molecule has 2 aromatic rings. The van der Waals surface area contributed by atoms with Gasteiger partial charge in [-0.05, 0) is 35.9 Å². The lowest BCUT2D eigenvalue weighted by molar-refractivity contribution is -0.114. The topological polar surface area (TPSA) is 85.3 Å². The molecule has 5 nitrogen and oxygen atoms in total. The number of halogens is 1. The lowest BCUT2D eigenvalue weighted by atomic mass is 10.2. The molecule has 6 heteroatoms. The van der Waals surface area contributed by atoms with E-state index < -0.39 is 11.8 Å². The number of primary amides is 1. The van der Waals surface area contributed by atoms with Crippen LogP contribution in [0.2, 0.25) is 0 Å². The van der Waals surface area contributed by atoms with Gasteiger partial charge in [-0.3, -0.25) is 9.59 Å². The van der Waals surface area contributed by atoms with Gasteiger partial charge in [0.25, 0.3) is 11.8 Å². The Bertz CT molecular complexity index is 663. The molecule has 20 heavy (non-hydrogen) atoms. The Morgan fingerprint density at radius 3 is 2.65 bits per heavy atom. The van der Waals surface area contributed by atoms with Gasteiger partial charge in [-0.2, -0.15) is 0 Å². The normalized spacial score (nSPS) is 11.2. The van der Waals surface area contributed by atoms with E-state index in [0.29, 0.717) is 0 Å². The quantitative estimate of drug-likeness (QED) is 0.841. The van der Waals surface area contributed by atoms with Crippen LogP contribution >= 0.6 is 15.9 Å². The van der Waals surface area contributed by atoms with Gasteiger partial charge < -0.3 is 15.5 Å². The predicted molar refractivity (Wildman–Crippen MR) is 77.5 cm³/mol. The van der Waals surface area contributed by atoms with Gasteiger partial charge in [0.15, 0.2) is 5.76 Å². The number of rotatable bonds is 4. The average Bonchev–Trinajstić information content (AvgIpc) is 2.91.